The first-order chi connectivity index (χ1) is 13.6. The fraction of sp³-hybridized carbons (Fsp3) is 0.619. The summed E-state index contributed by atoms with van der Waals surface area (Å²) >= 11 is 0. The Labute approximate surface area is 192 Å². The lowest BCUT2D eigenvalue weighted by molar-refractivity contribution is -0.120. The quantitative estimate of drug-likeness (QED) is 0.212. The Morgan fingerprint density at radius 3 is 2.34 bits per heavy atom. The largest absolute Gasteiger partial charge is 0.490 e. The lowest BCUT2D eigenvalue weighted by Gasteiger charge is -2.14. The molecular formula is C21H37IN4O3. The minimum absolute atomic E-state index is 0. The molecule has 1 aromatic carbocycles. The first kappa shape index (κ1) is 27.3. The zero-order chi connectivity index (χ0) is 20.6. The van der Waals surface area contributed by atoms with Gasteiger partial charge in [0.25, 0.3) is 0 Å². The van der Waals surface area contributed by atoms with Crippen molar-refractivity contribution in [2.45, 2.75) is 47.0 Å². The standard InChI is InChI=1S/C21H36N4O3.HI/c1-5-13-23-20(26)12-15-25-21(22-6-2)24-14-11-17-9-10-18(27-7-3)19(16-17)28-8-4;/h9-10,16H,5-8,11-15H2,1-4H3,(H,23,26)(H2,22,24,25);1H. The van der Waals surface area contributed by atoms with Crippen molar-refractivity contribution in [3.63, 3.8) is 0 Å². The van der Waals surface area contributed by atoms with Crippen LogP contribution in [0.4, 0.5) is 0 Å². The smallest absolute Gasteiger partial charge is 0.221 e. The number of carbonyl (C=O) groups is 1. The Kier molecular flexibility index (Phi) is 16.2. The van der Waals surface area contributed by atoms with E-state index >= 15 is 0 Å². The molecule has 8 heteroatoms. The molecule has 0 atom stereocenters. The van der Waals surface area contributed by atoms with Crippen LogP contribution in [-0.2, 0) is 11.2 Å². The summed E-state index contributed by atoms with van der Waals surface area (Å²) in [5.41, 5.74) is 1.16. The van der Waals surface area contributed by atoms with Crippen LogP contribution in [-0.4, -0.2) is 51.3 Å². The van der Waals surface area contributed by atoms with Gasteiger partial charge in [0.15, 0.2) is 17.5 Å². The Morgan fingerprint density at radius 1 is 0.966 bits per heavy atom. The third kappa shape index (κ3) is 11.8. The molecule has 1 aromatic rings. The number of aliphatic imine (C=N–C) groups is 1. The van der Waals surface area contributed by atoms with Crippen LogP contribution in [0.15, 0.2) is 23.2 Å². The van der Waals surface area contributed by atoms with E-state index in [0.717, 1.165) is 49.0 Å². The van der Waals surface area contributed by atoms with Gasteiger partial charge in [-0.25, -0.2) is 0 Å². The minimum atomic E-state index is 0. The van der Waals surface area contributed by atoms with E-state index in [0.29, 0.717) is 32.7 Å². The molecule has 29 heavy (non-hydrogen) atoms. The average Bonchev–Trinajstić information content (AvgIpc) is 2.68. The summed E-state index contributed by atoms with van der Waals surface area (Å²) in [6.45, 7) is 11.9. The van der Waals surface area contributed by atoms with Crippen molar-refractivity contribution in [3.8, 4) is 11.5 Å². The van der Waals surface area contributed by atoms with E-state index in [4.69, 9.17) is 9.47 Å². The van der Waals surface area contributed by atoms with E-state index in [1.165, 1.54) is 0 Å². The molecule has 0 saturated carbocycles. The number of carbonyl (C=O) groups excluding carboxylic acids is 1. The highest BCUT2D eigenvalue weighted by Crippen LogP contribution is 2.28. The number of hydrogen-bond acceptors (Lipinski definition) is 4. The van der Waals surface area contributed by atoms with Crippen molar-refractivity contribution in [2.24, 2.45) is 4.99 Å². The third-order valence-electron chi connectivity index (χ3n) is 3.84. The van der Waals surface area contributed by atoms with Gasteiger partial charge in [-0.05, 0) is 51.3 Å². The zero-order valence-corrected chi connectivity index (χ0v) is 20.5. The second-order valence-electron chi connectivity index (χ2n) is 6.18. The van der Waals surface area contributed by atoms with Gasteiger partial charge >= 0.3 is 0 Å². The number of nitrogens with zero attached hydrogens (tertiary/aromatic N) is 1. The summed E-state index contributed by atoms with van der Waals surface area (Å²) in [5, 5.41) is 9.38. The first-order valence-electron chi connectivity index (χ1n) is 10.3. The van der Waals surface area contributed by atoms with Crippen LogP contribution in [0, 0.1) is 0 Å². The van der Waals surface area contributed by atoms with E-state index < -0.39 is 0 Å². The summed E-state index contributed by atoms with van der Waals surface area (Å²) in [7, 11) is 0. The molecule has 3 N–H and O–H groups in total. The molecule has 0 bridgehead atoms. The molecule has 7 nitrogen and oxygen atoms in total. The number of amides is 1. The Morgan fingerprint density at radius 2 is 1.69 bits per heavy atom. The van der Waals surface area contributed by atoms with Gasteiger partial charge in [0.2, 0.25) is 5.91 Å². The Bertz CT molecular complexity index is 612. The highest BCUT2D eigenvalue weighted by Gasteiger charge is 2.07. The van der Waals surface area contributed by atoms with Gasteiger partial charge in [0.1, 0.15) is 0 Å². The highest BCUT2D eigenvalue weighted by atomic mass is 127. The van der Waals surface area contributed by atoms with Crippen LogP contribution in [0.3, 0.4) is 0 Å². The molecule has 0 saturated heterocycles. The molecule has 0 radical (unpaired) electrons. The summed E-state index contributed by atoms with van der Waals surface area (Å²) in [4.78, 5) is 16.1. The predicted molar refractivity (Wildman–Crippen MR) is 130 cm³/mol. The van der Waals surface area contributed by atoms with Gasteiger partial charge in [0, 0.05) is 26.1 Å². The SMILES string of the molecule is CCCNC(=O)CCN=C(NCC)NCCc1ccc(OCC)c(OCC)c1.I. The topological polar surface area (TPSA) is 84.0 Å². The molecule has 0 fully saturated rings. The summed E-state index contributed by atoms with van der Waals surface area (Å²) in [5.74, 6) is 2.32. The van der Waals surface area contributed by atoms with Crippen molar-refractivity contribution >= 4 is 35.8 Å². The monoisotopic (exact) mass is 520 g/mol. The normalized spacial score (nSPS) is 10.7. The number of halogens is 1. The van der Waals surface area contributed by atoms with Crippen molar-refractivity contribution in [2.75, 3.05) is 39.4 Å². The van der Waals surface area contributed by atoms with Gasteiger partial charge in [-0.15, -0.1) is 24.0 Å². The van der Waals surface area contributed by atoms with Crippen LogP contribution in [0.1, 0.15) is 46.1 Å². The summed E-state index contributed by atoms with van der Waals surface area (Å²) < 4.78 is 11.3. The molecule has 166 valence electrons. The zero-order valence-electron chi connectivity index (χ0n) is 18.2. The van der Waals surface area contributed by atoms with E-state index in [9.17, 15) is 4.79 Å². The molecule has 1 rings (SSSR count). The number of hydrogen-bond donors (Lipinski definition) is 3. The maximum atomic E-state index is 11.7. The molecule has 0 aliphatic rings. The van der Waals surface area contributed by atoms with Crippen molar-refractivity contribution < 1.29 is 14.3 Å². The van der Waals surface area contributed by atoms with E-state index in [1.807, 2.05) is 39.8 Å². The minimum Gasteiger partial charge on any atom is -0.490 e. The maximum Gasteiger partial charge on any atom is 0.221 e. The van der Waals surface area contributed by atoms with Crippen molar-refractivity contribution in [1.82, 2.24) is 16.0 Å². The van der Waals surface area contributed by atoms with Crippen LogP contribution < -0.4 is 25.4 Å². The summed E-state index contributed by atoms with van der Waals surface area (Å²) in [6.07, 6.45) is 2.16. The molecule has 0 aromatic heterocycles. The van der Waals surface area contributed by atoms with E-state index in [-0.39, 0.29) is 29.9 Å². The molecule has 0 spiro atoms. The number of rotatable bonds is 13. The first-order valence-corrected chi connectivity index (χ1v) is 10.3. The van der Waals surface area contributed by atoms with Gasteiger partial charge in [-0.2, -0.15) is 0 Å². The van der Waals surface area contributed by atoms with Gasteiger partial charge in [-0.1, -0.05) is 13.0 Å². The highest BCUT2D eigenvalue weighted by molar-refractivity contribution is 14.0. The molecular weight excluding hydrogens is 483 g/mol. The fourth-order valence-corrected chi connectivity index (χ4v) is 2.54. The van der Waals surface area contributed by atoms with Crippen LogP contribution in [0.5, 0.6) is 11.5 Å². The molecule has 1 amide bonds. The van der Waals surface area contributed by atoms with Crippen LogP contribution in [0.25, 0.3) is 0 Å². The second kappa shape index (κ2) is 17.2. The predicted octanol–water partition coefficient (Wildman–Crippen LogP) is 3.12. The van der Waals surface area contributed by atoms with E-state index in [2.05, 4.69) is 27.0 Å². The number of nitrogens with one attached hydrogen (secondary N) is 3. The van der Waals surface area contributed by atoms with Gasteiger partial charge < -0.3 is 25.4 Å². The van der Waals surface area contributed by atoms with Crippen LogP contribution in [0.2, 0.25) is 0 Å². The maximum absolute atomic E-state index is 11.7. The Balaban J connectivity index is 0.00000784. The Hall–Kier alpha value is -1.71. The van der Waals surface area contributed by atoms with Crippen LogP contribution >= 0.6 is 24.0 Å². The molecule has 0 aliphatic heterocycles. The van der Waals surface area contributed by atoms with Crippen molar-refractivity contribution in [1.29, 1.82) is 0 Å². The second-order valence-corrected chi connectivity index (χ2v) is 6.18. The van der Waals surface area contributed by atoms with Gasteiger partial charge in [-0.3, -0.25) is 9.79 Å². The number of ether oxygens (including phenoxy) is 2. The molecule has 0 aliphatic carbocycles. The third-order valence-corrected chi connectivity index (χ3v) is 3.84. The molecule has 0 unspecified atom stereocenters. The fourth-order valence-electron chi connectivity index (χ4n) is 2.54. The lowest BCUT2D eigenvalue weighted by atomic mass is 10.1. The van der Waals surface area contributed by atoms with Gasteiger partial charge in [0.05, 0.1) is 19.8 Å². The average molecular weight is 520 g/mol. The van der Waals surface area contributed by atoms with Crippen molar-refractivity contribution in [3.05, 3.63) is 23.8 Å². The van der Waals surface area contributed by atoms with E-state index in [1.54, 1.807) is 0 Å². The molecule has 0 heterocycles. The summed E-state index contributed by atoms with van der Waals surface area (Å²) in [6, 6.07) is 6.04. The number of benzene rings is 1. The number of guanidine groups is 1. The lowest BCUT2D eigenvalue weighted by Crippen LogP contribution is -2.38.